The van der Waals surface area contributed by atoms with Gasteiger partial charge in [0.05, 0.1) is 11.2 Å². The summed E-state index contributed by atoms with van der Waals surface area (Å²) in [7, 11) is 0. The number of anilines is 1. The first kappa shape index (κ1) is 12.0. The van der Waals surface area contributed by atoms with Crippen molar-refractivity contribution in [2.75, 3.05) is 5.73 Å². The zero-order valence-electron chi connectivity index (χ0n) is 9.70. The molecule has 0 aliphatic rings. The van der Waals surface area contributed by atoms with Crippen molar-refractivity contribution in [2.45, 2.75) is 38.9 Å². The largest absolute Gasteiger partial charge is 0.399 e. The van der Waals surface area contributed by atoms with E-state index >= 15 is 0 Å². The van der Waals surface area contributed by atoms with Crippen molar-refractivity contribution in [1.82, 2.24) is 0 Å². The minimum atomic E-state index is -0.949. The first-order valence-electron chi connectivity index (χ1n) is 4.97. The van der Waals surface area contributed by atoms with E-state index in [0.29, 0.717) is 16.8 Å². The lowest BCUT2D eigenvalue weighted by Crippen LogP contribution is -2.20. The van der Waals surface area contributed by atoms with Crippen molar-refractivity contribution in [1.29, 1.82) is 0 Å². The number of rotatable bonds is 2. The van der Waals surface area contributed by atoms with Gasteiger partial charge in [0.15, 0.2) is 0 Å². The minimum absolute atomic E-state index is 0.548. The SMILES string of the molecule is CC(C)(O)c1cc(N)cc(C(C)(C)O)c1. The molecule has 0 saturated heterocycles. The van der Waals surface area contributed by atoms with Crippen LogP contribution in [0.1, 0.15) is 38.8 Å². The van der Waals surface area contributed by atoms with Gasteiger partial charge in [-0.2, -0.15) is 0 Å². The number of nitrogens with two attached hydrogens (primary N) is 1. The van der Waals surface area contributed by atoms with Gasteiger partial charge >= 0.3 is 0 Å². The van der Waals surface area contributed by atoms with E-state index in [1.807, 2.05) is 0 Å². The van der Waals surface area contributed by atoms with Crippen LogP contribution in [0.4, 0.5) is 5.69 Å². The lowest BCUT2D eigenvalue weighted by molar-refractivity contribution is 0.0719. The van der Waals surface area contributed by atoms with Gasteiger partial charge in [-0.05, 0) is 57.0 Å². The third-order valence-electron chi connectivity index (χ3n) is 2.37. The molecule has 0 aromatic heterocycles. The van der Waals surface area contributed by atoms with E-state index in [-0.39, 0.29) is 0 Å². The molecule has 4 N–H and O–H groups in total. The van der Waals surface area contributed by atoms with Crippen LogP contribution in [-0.2, 0) is 11.2 Å². The molecule has 1 aromatic carbocycles. The highest BCUT2D eigenvalue weighted by Crippen LogP contribution is 2.28. The Kier molecular flexibility index (Phi) is 2.81. The van der Waals surface area contributed by atoms with Gasteiger partial charge in [-0.1, -0.05) is 0 Å². The maximum absolute atomic E-state index is 9.87. The highest BCUT2D eigenvalue weighted by Gasteiger charge is 2.22. The molecule has 1 rings (SSSR count). The lowest BCUT2D eigenvalue weighted by Gasteiger charge is -2.23. The highest BCUT2D eigenvalue weighted by molar-refractivity contribution is 5.47. The van der Waals surface area contributed by atoms with Crippen LogP contribution in [0, 0.1) is 0 Å². The molecule has 15 heavy (non-hydrogen) atoms. The van der Waals surface area contributed by atoms with E-state index < -0.39 is 11.2 Å². The molecule has 3 heteroatoms. The second-order valence-electron chi connectivity index (χ2n) is 4.96. The topological polar surface area (TPSA) is 66.5 Å². The van der Waals surface area contributed by atoms with Crippen LogP contribution in [-0.4, -0.2) is 10.2 Å². The summed E-state index contributed by atoms with van der Waals surface area (Å²) in [6.07, 6.45) is 0. The molecule has 0 spiro atoms. The van der Waals surface area contributed by atoms with Crippen molar-refractivity contribution in [2.24, 2.45) is 0 Å². The molecule has 0 heterocycles. The Hall–Kier alpha value is -1.06. The third-order valence-corrected chi connectivity index (χ3v) is 2.37. The molecule has 0 aliphatic carbocycles. The summed E-state index contributed by atoms with van der Waals surface area (Å²) in [4.78, 5) is 0. The zero-order chi connectivity index (χ0) is 11.9. The molecule has 0 atom stereocenters. The Balaban J connectivity index is 3.30. The molecule has 0 fully saturated rings. The summed E-state index contributed by atoms with van der Waals surface area (Å²) in [5.41, 5.74) is 5.80. The predicted octanol–water partition coefficient (Wildman–Crippen LogP) is 1.72. The number of hydrogen-bond donors (Lipinski definition) is 3. The smallest absolute Gasteiger partial charge is 0.0841 e. The van der Waals surface area contributed by atoms with Gasteiger partial charge in [0, 0.05) is 5.69 Å². The van der Waals surface area contributed by atoms with Gasteiger partial charge in [-0.15, -0.1) is 0 Å². The number of hydrogen-bond acceptors (Lipinski definition) is 3. The predicted molar refractivity (Wildman–Crippen MR) is 61.3 cm³/mol. The second kappa shape index (κ2) is 3.51. The molecule has 0 aliphatic heterocycles. The van der Waals surface area contributed by atoms with E-state index in [9.17, 15) is 10.2 Å². The van der Waals surface area contributed by atoms with E-state index in [2.05, 4.69) is 0 Å². The highest BCUT2D eigenvalue weighted by atomic mass is 16.3. The first-order valence-corrected chi connectivity index (χ1v) is 4.97. The molecule has 0 bridgehead atoms. The summed E-state index contributed by atoms with van der Waals surface area (Å²) >= 11 is 0. The Morgan fingerprint density at radius 3 is 1.47 bits per heavy atom. The Labute approximate surface area is 90.5 Å². The zero-order valence-corrected chi connectivity index (χ0v) is 9.70. The van der Waals surface area contributed by atoms with Gasteiger partial charge in [0.25, 0.3) is 0 Å². The number of aliphatic hydroxyl groups is 2. The van der Waals surface area contributed by atoms with E-state index in [4.69, 9.17) is 5.73 Å². The first-order chi connectivity index (χ1) is 6.60. The van der Waals surface area contributed by atoms with Crippen molar-refractivity contribution in [3.05, 3.63) is 29.3 Å². The fourth-order valence-corrected chi connectivity index (χ4v) is 1.36. The van der Waals surface area contributed by atoms with Crippen LogP contribution in [0.15, 0.2) is 18.2 Å². The summed E-state index contributed by atoms with van der Waals surface area (Å²) in [5, 5.41) is 19.7. The van der Waals surface area contributed by atoms with Crippen LogP contribution >= 0.6 is 0 Å². The van der Waals surface area contributed by atoms with Gasteiger partial charge in [-0.3, -0.25) is 0 Å². The maximum atomic E-state index is 9.87. The summed E-state index contributed by atoms with van der Waals surface area (Å²) in [6, 6.07) is 5.21. The summed E-state index contributed by atoms with van der Waals surface area (Å²) < 4.78 is 0. The van der Waals surface area contributed by atoms with Crippen molar-refractivity contribution >= 4 is 5.69 Å². The van der Waals surface area contributed by atoms with E-state index in [1.165, 1.54) is 0 Å². The number of benzene rings is 1. The Bertz CT molecular complexity index is 327. The van der Waals surface area contributed by atoms with Crippen LogP contribution < -0.4 is 5.73 Å². The molecule has 0 saturated carbocycles. The summed E-state index contributed by atoms with van der Waals surface area (Å²) in [5.74, 6) is 0. The number of nitrogen functional groups attached to an aromatic ring is 1. The second-order valence-corrected chi connectivity index (χ2v) is 4.96. The van der Waals surface area contributed by atoms with E-state index in [0.717, 1.165) is 0 Å². The third kappa shape index (κ3) is 2.94. The quantitative estimate of drug-likeness (QED) is 0.650. The fourth-order valence-electron chi connectivity index (χ4n) is 1.36. The molecule has 3 nitrogen and oxygen atoms in total. The standard InChI is InChI=1S/C12H19NO2/c1-11(2,14)8-5-9(12(3,4)15)7-10(13)6-8/h5-7,14-15H,13H2,1-4H3. The van der Waals surface area contributed by atoms with Gasteiger partial charge in [-0.25, -0.2) is 0 Å². The Morgan fingerprint density at radius 2 is 1.20 bits per heavy atom. The van der Waals surface area contributed by atoms with Crippen molar-refractivity contribution in [3.8, 4) is 0 Å². The van der Waals surface area contributed by atoms with Crippen LogP contribution in [0.2, 0.25) is 0 Å². The van der Waals surface area contributed by atoms with Gasteiger partial charge in [0.2, 0.25) is 0 Å². The van der Waals surface area contributed by atoms with Gasteiger partial charge < -0.3 is 15.9 Å². The maximum Gasteiger partial charge on any atom is 0.0841 e. The minimum Gasteiger partial charge on any atom is -0.399 e. The average Bonchev–Trinajstić information content (AvgIpc) is 1.99. The molecule has 84 valence electrons. The monoisotopic (exact) mass is 209 g/mol. The molecular weight excluding hydrogens is 190 g/mol. The molecule has 1 aromatic rings. The van der Waals surface area contributed by atoms with Crippen LogP contribution in [0.25, 0.3) is 0 Å². The lowest BCUT2D eigenvalue weighted by atomic mass is 9.90. The van der Waals surface area contributed by atoms with E-state index in [1.54, 1.807) is 45.9 Å². The molecule has 0 radical (unpaired) electrons. The normalized spacial score (nSPS) is 12.9. The molecular formula is C12H19NO2. The Morgan fingerprint density at radius 1 is 0.867 bits per heavy atom. The van der Waals surface area contributed by atoms with Crippen LogP contribution in [0.5, 0.6) is 0 Å². The van der Waals surface area contributed by atoms with Crippen LogP contribution in [0.3, 0.4) is 0 Å². The van der Waals surface area contributed by atoms with Crippen molar-refractivity contribution < 1.29 is 10.2 Å². The molecule has 0 unspecified atom stereocenters. The van der Waals surface area contributed by atoms with Gasteiger partial charge in [0.1, 0.15) is 0 Å². The fraction of sp³-hybridized carbons (Fsp3) is 0.500. The molecule has 0 amide bonds. The summed E-state index contributed by atoms with van der Waals surface area (Å²) in [6.45, 7) is 6.76. The van der Waals surface area contributed by atoms with Crippen molar-refractivity contribution in [3.63, 3.8) is 0 Å². The average molecular weight is 209 g/mol.